The predicted octanol–water partition coefficient (Wildman–Crippen LogP) is -5.14. The molecule has 0 aliphatic heterocycles. The Labute approximate surface area is 579 Å². The maximum atomic E-state index is 14.6. The number of unbranched alkanes of at least 4 members (excludes halogenated alkanes) is 1. The highest BCUT2D eigenvalue weighted by Crippen LogP contribution is 2.20. The minimum absolute atomic E-state index is 0.00563. The van der Waals surface area contributed by atoms with Crippen molar-refractivity contribution in [3.05, 3.63) is 71.9 Å². The number of aromatic amines is 1. The van der Waals surface area contributed by atoms with E-state index in [4.69, 9.17) is 57.3 Å². The SMILES string of the molecule is CC[C@H](C)[C@H](NC(=O)[C@H](CC(N)=O)NC(=O)[C@H](CCCN=C(N)N)NC(=O)[C@H](CCC(N)=O)NC(=O)[C@H](Cc1c[nH]c2ccccc12)NC(=O)[C@@H](N)Cc1ccccc1)C(=O)N[C@@H](CCCN=C(N)N)C(=O)N[C@@H](CCCCN)C(=O)N[C@H](C(=O)N[C@@H](CCCN=C(N)N)C(=O)O)C(C)C. The van der Waals surface area contributed by atoms with Gasteiger partial charge in [-0.05, 0) is 106 Å². The highest BCUT2D eigenvalue weighted by molar-refractivity contribution is 6.00. The Balaban J connectivity index is 1.99. The number of primary amides is 2. The number of carboxylic acid groups (broad SMARTS) is 1. The van der Waals surface area contributed by atoms with E-state index in [2.05, 4.69) is 67.8 Å². The minimum Gasteiger partial charge on any atom is -0.480 e. The van der Waals surface area contributed by atoms with Crippen molar-refractivity contribution < 1.29 is 62.6 Å². The summed E-state index contributed by atoms with van der Waals surface area (Å²) in [6.07, 6.45) is 0.508. The third-order valence-corrected chi connectivity index (χ3v) is 16.1. The Morgan fingerprint density at radius 2 is 0.880 bits per heavy atom. The molecule has 31 N–H and O–H groups in total. The summed E-state index contributed by atoms with van der Waals surface area (Å²) in [4.78, 5) is 181. The number of aliphatic carboxylic acids is 1. The van der Waals surface area contributed by atoms with Crippen molar-refractivity contribution in [2.45, 2.75) is 184 Å². The van der Waals surface area contributed by atoms with Crippen LogP contribution in [0.15, 0.2) is 75.8 Å². The van der Waals surface area contributed by atoms with Gasteiger partial charge in [-0.1, -0.05) is 82.6 Å². The van der Waals surface area contributed by atoms with Crippen LogP contribution in [-0.2, 0) is 70.4 Å². The van der Waals surface area contributed by atoms with Crippen LogP contribution >= 0.6 is 0 Å². The number of H-pyrrole nitrogens is 1. The Morgan fingerprint density at radius 1 is 0.460 bits per heavy atom. The summed E-state index contributed by atoms with van der Waals surface area (Å²) in [5, 5.41) is 33.9. The number of aliphatic imine (C=N–C) groups is 3. The Bertz CT molecular complexity index is 3320. The molecular weight excluding hydrogens is 1300 g/mol. The molecule has 3 rings (SSSR count). The van der Waals surface area contributed by atoms with Crippen LogP contribution in [0.2, 0.25) is 0 Å². The summed E-state index contributed by atoms with van der Waals surface area (Å²) in [6.45, 7) is 6.65. The van der Waals surface area contributed by atoms with Gasteiger partial charge in [0.25, 0.3) is 0 Å². The lowest BCUT2D eigenvalue weighted by Gasteiger charge is -2.30. The van der Waals surface area contributed by atoms with E-state index in [0.717, 1.165) is 16.5 Å². The molecule has 1 heterocycles. The van der Waals surface area contributed by atoms with Crippen molar-refractivity contribution in [2.24, 2.45) is 84.1 Å². The van der Waals surface area contributed by atoms with Crippen LogP contribution in [0.4, 0.5) is 0 Å². The van der Waals surface area contributed by atoms with Crippen molar-refractivity contribution in [3.63, 3.8) is 0 Å². The largest absolute Gasteiger partial charge is 0.480 e. The number of hydrogen-bond acceptors (Lipinski definition) is 17. The maximum Gasteiger partial charge on any atom is 0.326 e. The topological polar surface area (TPSA) is 646 Å². The molecule has 0 spiro atoms. The molecule has 36 nitrogen and oxygen atoms in total. The second-order valence-corrected chi connectivity index (χ2v) is 24.5. The number of rotatable bonds is 47. The number of hydrogen-bond donors (Lipinski definition) is 21. The Hall–Kier alpha value is -10.6. The molecule has 0 bridgehead atoms. The number of carboxylic acids is 1. The van der Waals surface area contributed by atoms with Crippen LogP contribution in [0.5, 0.6) is 0 Å². The van der Waals surface area contributed by atoms with Gasteiger partial charge in [0.15, 0.2) is 17.9 Å². The quantitative estimate of drug-likeness (QED) is 0.0143. The summed E-state index contributed by atoms with van der Waals surface area (Å²) in [7, 11) is 0. The van der Waals surface area contributed by atoms with Crippen molar-refractivity contribution in [2.75, 3.05) is 26.2 Å². The molecule has 100 heavy (non-hydrogen) atoms. The van der Waals surface area contributed by atoms with E-state index >= 15 is 0 Å². The first-order valence-corrected chi connectivity index (χ1v) is 33.1. The van der Waals surface area contributed by atoms with Gasteiger partial charge in [0.2, 0.25) is 65.0 Å². The van der Waals surface area contributed by atoms with E-state index in [1.165, 1.54) is 0 Å². The number of amides is 11. The van der Waals surface area contributed by atoms with E-state index in [1.54, 1.807) is 82.4 Å². The van der Waals surface area contributed by atoms with Crippen molar-refractivity contribution in [3.8, 4) is 0 Å². The van der Waals surface area contributed by atoms with Crippen LogP contribution in [-0.4, -0.2) is 186 Å². The van der Waals surface area contributed by atoms with Gasteiger partial charge in [-0.15, -0.1) is 0 Å². The number of benzene rings is 2. The molecule has 0 unspecified atom stereocenters. The van der Waals surface area contributed by atoms with E-state index < -0.39 is 162 Å². The van der Waals surface area contributed by atoms with Gasteiger partial charge in [-0.2, -0.15) is 0 Å². The average molecular weight is 1400 g/mol. The average Bonchev–Trinajstić information content (AvgIpc) is 1.62. The predicted molar refractivity (Wildman–Crippen MR) is 374 cm³/mol. The summed E-state index contributed by atoms with van der Waals surface area (Å²) >= 11 is 0. The van der Waals surface area contributed by atoms with Gasteiger partial charge in [0, 0.05) is 49.6 Å². The molecule has 11 amide bonds. The number of aromatic nitrogens is 1. The lowest BCUT2D eigenvalue weighted by molar-refractivity contribution is -0.143. The summed E-state index contributed by atoms with van der Waals surface area (Å²) in [5.41, 5.74) is 58.4. The molecule has 2 aromatic carbocycles. The molecule has 0 saturated heterocycles. The first-order valence-electron chi connectivity index (χ1n) is 33.1. The van der Waals surface area contributed by atoms with Gasteiger partial charge in [0.05, 0.1) is 12.5 Å². The first kappa shape index (κ1) is 83.6. The smallest absolute Gasteiger partial charge is 0.326 e. The van der Waals surface area contributed by atoms with Crippen LogP contribution < -0.4 is 105 Å². The Morgan fingerprint density at radius 3 is 1.37 bits per heavy atom. The van der Waals surface area contributed by atoms with Crippen molar-refractivity contribution in [1.82, 2.24) is 52.8 Å². The number of carbonyl (C=O) groups excluding carboxylic acids is 11. The van der Waals surface area contributed by atoms with Gasteiger partial charge >= 0.3 is 5.97 Å². The lowest BCUT2D eigenvalue weighted by atomic mass is 9.96. The molecular formula is C64H103N23O13. The van der Waals surface area contributed by atoms with Gasteiger partial charge in [-0.25, -0.2) is 4.79 Å². The zero-order valence-electron chi connectivity index (χ0n) is 57.1. The fourth-order valence-corrected chi connectivity index (χ4v) is 10.4. The number of fused-ring (bicyclic) bond motifs is 1. The van der Waals surface area contributed by atoms with Crippen LogP contribution in [0.1, 0.15) is 122 Å². The lowest BCUT2D eigenvalue weighted by Crippen LogP contribution is -2.62. The maximum absolute atomic E-state index is 14.6. The molecule has 3 aromatic rings. The molecule has 0 aliphatic carbocycles. The van der Waals surface area contributed by atoms with E-state index in [-0.39, 0.29) is 108 Å². The van der Waals surface area contributed by atoms with Crippen molar-refractivity contribution in [1.29, 1.82) is 0 Å². The third kappa shape index (κ3) is 30.4. The number of guanidine groups is 3. The molecule has 11 atom stereocenters. The summed E-state index contributed by atoms with van der Waals surface area (Å²) in [5.74, 6) is -13.9. The zero-order chi connectivity index (χ0) is 74.6. The second kappa shape index (κ2) is 43.6. The van der Waals surface area contributed by atoms with Crippen LogP contribution in [0, 0.1) is 11.8 Å². The summed E-state index contributed by atoms with van der Waals surface area (Å²) < 4.78 is 0. The first-order chi connectivity index (χ1) is 47.3. The third-order valence-electron chi connectivity index (χ3n) is 16.1. The second-order valence-electron chi connectivity index (χ2n) is 24.5. The zero-order valence-corrected chi connectivity index (χ0v) is 57.1. The van der Waals surface area contributed by atoms with E-state index in [0.29, 0.717) is 18.4 Å². The molecule has 0 radical (unpaired) electrons. The fraction of sp³-hybridized carbons (Fsp3) is 0.547. The molecule has 0 aliphatic rings. The number of para-hydroxylation sites is 1. The fourth-order valence-electron chi connectivity index (χ4n) is 10.4. The van der Waals surface area contributed by atoms with Gasteiger partial charge < -0.3 is 115 Å². The van der Waals surface area contributed by atoms with Gasteiger partial charge in [0.1, 0.15) is 54.4 Å². The van der Waals surface area contributed by atoms with Gasteiger partial charge in [-0.3, -0.25) is 67.7 Å². The van der Waals surface area contributed by atoms with E-state index in [9.17, 15) is 62.6 Å². The highest BCUT2D eigenvalue weighted by Gasteiger charge is 2.38. The molecule has 36 heteroatoms. The number of nitrogens with zero attached hydrogens (tertiary/aromatic N) is 3. The standard InChI is InChI=1S/C64H103N23O13/c1-5-35(4)51(60(98)82-43(22-14-28-76-63(71)72)53(91)79-41(20-11-12-26-65)56(94)86-50(34(2)3)59(97)83-45(61(99)100)23-15-29-77-64(73)74)87-58(96)47(32-49(68)89)85-54(92)42(21-13-27-75-62(69)70)80-55(93)44(24-25-48(67)88)81-57(95)46(31-37-33-78-40-19-10-9-18-38(37)40)84-52(90)39(66)30-36-16-7-6-8-17-36/h6-10,16-19,33-35,39,41-47,50-51,78H,5,11-15,20-32,65-66H2,1-4H3,(H2,67,88)(H2,68,89)(H,79,91)(H,80,93)(H,81,95)(H,82,98)(H,83,97)(H,84,90)(H,85,92)(H,86,94)(H,87,96)(H,99,100)(H4,69,70,75)(H4,71,72,76)(H4,73,74,77)/t35-,39-,41-,42-,43-,44-,45-,46-,47-,50-,51-/m0/s1. The minimum atomic E-state index is -1.86. The number of carbonyl (C=O) groups is 12. The number of nitrogens with two attached hydrogens (primary N) is 10. The monoisotopic (exact) mass is 1400 g/mol. The Kier molecular flexibility index (Phi) is 36.4. The molecule has 0 saturated carbocycles. The van der Waals surface area contributed by atoms with Crippen LogP contribution in [0.3, 0.4) is 0 Å². The molecule has 0 fully saturated rings. The molecule has 552 valence electrons. The molecule has 1 aromatic heterocycles. The summed E-state index contributed by atoms with van der Waals surface area (Å²) in [6, 6.07) is 1.39. The highest BCUT2D eigenvalue weighted by atomic mass is 16.4. The van der Waals surface area contributed by atoms with Crippen molar-refractivity contribution >= 4 is 99.7 Å². The van der Waals surface area contributed by atoms with E-state index in [1.807, 2.05) is 6.07 Å². The normalized spacial score (nSPS) is 14.3. The number of nitrogens with one attached hydrogen (secondary N) is 10. The van der Waals surface area contributed by atoms with Crippen LogP contribution in [0.25, 0.3) is 10.9 Å².